The predicted molar refractivity (Wildman–Crippen MR) is 57.4 cm³/mol. The molecule has 1 aliphatic heterocycles. The fourth-order valence-electron chi connectivity index (χ4n) is 1.75. The van der Waals surface area contributed by atoms with E-state index >= 15 is 0 Å². The molecule has 7 nitrogen and oxygen atoms in total. The molecule has 2 N–H and O–H groups in total. The number of carboxylic acids is 1. The number of carbonyl (C=O) groups excluding carboxylic acids is 2. The lowest BCUT2D eigenvalue weighted by Gasteiger charge is -2.22. The Labute approximate surface area is 98.7 Å². The van der Waals surface area contributed by atoms with Crippen molar-refractivity contribution in [2.75, 3.05) is 19.7 Å². The van der Waals surface area contributed by atoms with Crippen molar-refractivity contribution in [2.24, 2.45) is 0 Å². The van der Waals surface area contributed by atoms with Crippen molar-refractivity contribution in [2.45, 2.75) is 25.8 Å². The highest BCUT2D eigenvalue weighted by atomic mass is 16.5. The van der Waals surface area contributed by atoms with E-state index in [1.54, 1.807) is 6.92 Å². The molecule has 1 aliphatic rings. The standard InChI is InChI=1S/C10H16N2O5/c1-2-17-9(15)7-4-3-5-12(7)10(16)11-6-8(13)14/h7H,2-6H2,1H3,(H,11,16)(H,13,14). The largest absolute Gasteiger partial charge is 0.480 e. The van der Waals surface area contributed by atoms with E-state index in [-0.39, 0.29) is 6.61 Å². The first-order chi connectivity index (χ1) is 8.06. The first-order valence-corrected chi connectivity index (χ1v) is 5.49. The number of likely N-dealkylation sites (tertiary alicyclic amines) is 1. The molecule has 0 bridgehead atoms. The van der Waals surface area contributed by atoms with Gasteiger partial charge in [-0.3, -0.25) is 4.79 Å². The third kappa shape index (κ3) is 3.61. The molecule has 0 aromatic carbocycles. The van der Waals surface area contributed by atoms with Gasteiger partial charge in [-0.25, -0.2) is 9.59 Å². The minimum atomic E-state index is -1.12. The normalized spacial score (nSPS) is 18.9. The second-order valence-electron chi connectivity index (χ2n) is 3.66. The zero-order valence-electron chi connectivity index (χ0n) is 9.64. The number of aliphatic carboxylic acids is 1. The van der Waals surface area contributed by atoms with Crippen LogP contribution in [0.2, 0.25) is 0 Å². The van der Waals surface area contributed by atoms with Crippen molar-refractivity contribution < 1.29 is 24.2 Å². The molecule has 17 heavy (non-hydrogen) atoms. The lowest BCUT2D eigenvalue weighted by Crippen LogP contribution is -2.47. The number of hydrogen-bond acceptors (Lipinski definition) is 4. The summed E-state index contributed by atoms with van der Waals surface area (Å²) < 4.78 is 4.85. The second kappa shape index (κ2) is 6.07. The number of urea groups is 1. The summed E-state index contributed by atoms with van der Waals surface area (Å²) in [6.07, 6.45) is 1.27. The van der Waals surface area contributed by atoms with Crippen LogP contribution in [0.4, 0.5) is 4.79 Å². The van der Waals surface area contributed by atoms with Crippen molar-refractivity contribution in [3.8, 4) is 0 Å². The Morgan fingerprint density at radius 2 is 2.18 bits per heavy atom. The highest BCUT2D eigenvalue weighted by Gasteiger charge is 2.35. The van der Waals surface area contributed by atoms with E-state index in [2.05, 4.69) is 5.32 Å². The molecular weight excluding hydrogens is 228 g/mol. The van der Waals surface area contributed by atoms with Gasteiger partial charge in [0, 0.05) is 6.54 Å². The van der Waals surface area contributed by atoms with Crippen LogP contribution in [0.25, 0.3) is 0 Å². The summed E-state index contributed by atoms with van der Waals surface area (Å²) in [7, 11) is 0. The van der Waals surface area contributed by atoms with Gasteiger partial charge in [0.2, 0.25) is 0 Å². The Morgan fingerprint density at radius 1 is 1.47 bits per heavy atom. The lowest BCUT2D eigenvalue weighted by atomic mass is 10.2. The van der Waals surface area contributed by atoms with Crippen molar-refractivity contribution in [3.05, 3.63) is 0 Å². The number of amides is 2. The van der Waals surface area contributed by atoms with Gasteiger partial charge in [-0.2, -0.15) is 0 Å². The number of nitrogens with zero attached hydrogens (tertiary/aromatic N) is 1. The lowest BCUT2D eigenvalue weighted by molar-refractivity contribution is -0.147. The molecule has 1 rings (SSSR count). The van der Waals surface area contributed by atoms with Gasteiger partial charge in [0.25, 0.3) is 0 Å². The highest BCUT2D eigenvalue weighted by Crippen LogP contribution is 2.18. The number of rotatable bonds is 4. The van der Waals surface area contributed by atoms with E-state index in [1.165, 1.54) is 4.90 Å². The van der Waals surface area contributed by atoms with Gasteiger partial charge in [0.15, 0.2) is 0 Å². The maximum atomic E-state index is 11.6. The summed E-state index contributed by atoms with van der Waals surface area (Å²) in [4.78, 5) is 34.8. The minimum absolute atomic E-state index is 0.264. The topological polar surface area (TPSA) is 95.9 Å². The number of hydrogen-bond donors (Lipinski definition) is 2. The Hall–Kier alpha value is -1.79. The molecule has 0 aromatic rings. The molecule has 1 atom stereocenters. The number of nitrogens with one attached hydrogen (secondary N) is 1. The van der Waals surface area contributed by atoms with Crippen LogP contribution in [0.15, 0.2) is 0 Å². The molecule has 1 heterocycles. The Kier molecular flexibility index (Phi) is 4.74. The van der Waals surface area contributed by atoms with E-state index in [9.17, 15) is 14.4 Å². The second-order valence-corrected chi connectivity index (χ2v) is 3.66. The van der Waals surface area contributed by atoms with Crippen LogP contribution in [0.3, 0.4) is 0 Å². The minimum Gasteiger partial charge on any atom is -0.480 e. The Balaban J connectivity index is 2.53. The quantitative estimate of drug-likeness (QED) is 0.668. The zero-order valence-corrected chi connectivity index (χ0v) is 9.64. The summed E-state index contributed by atoms with van der Waals surface area (Å²) in [5, 5.41) is 10.7. The monoisotopic (exact) mass is 244 g/mol. The average molecular weight is 244 g/mol. The summed E-state index contributed by atoms with van der Waals surface area (Å²) in [6.45, 7) is 1.95. The Bertz CT molecular complexity index is 318. The highest BCUT2D eigenvalue weighted by molar-refractivity contribution is 5.86. The van der Waals surface area contributed by atoms with E-state index in [0.717, 1.165) is 0 Å². The summed E-state index contributed by atoms with van der Waals surface area (Å²) in [5.74, 6) is -1.55. The summed E-state index contributed by atoms with van der Waals surface area (Å²) >= 11 is 0. The van der Waals surface area contributed by atoms with E-state index in [4.69, 9.17) is 9.84 Å². The van der Waals surface area contributed by atoms with Crippen LogP contribution < -0.4 is 5.32 Å². The summed E-state index contributed by atoms with van der Waals surface area (Å²) in [5.41, 5.74) is 0. The Morgan fingerprint density at radius 3 is 2.76 bits per heavy atom. The third-order valence-electron chi connectivity index (χ3n) is 2.46. The van der Waals surface area contributed by atoms with Gasteiger partial charge in [0.05, 0.1) is 6.61 Å². The molecule has 7 heteroatoms. The number of carboxylic acid groups (broad SMARTS) is 1. The van der Waals surface area contributed by atoms with E-state index in [1.807, 2.05) is 0 Å². The number of carbonyl (C=O) groups is 3. The molecular formula is C10H16N2O5. The molecule has 2 amide bonds. The molecule has 1 unspecified atom stereocenters. The smallest absolute Gasteiger partial charge is 0.328 e. The molecule has 0 spiro atoms. The number of ether oxygens (including phenoxy) is 1. The number of esters is 1. The first-order valence-electron chi connectivity index (χ1n) is 5.49. The van der Waals surface area contributed by atoms with Gasteiger partial charge in [-0.15, -0.1) is 0 Å². The zero-order chi connectivity index (χ0) is 12.8. The van der Waals surface area contributed by atoms with Gasteiger partial charge in [-0.05, 0) is 19.8 Å². The maximum absolute atomic E-state index is 11.6. The van der Waals surface area contributed by atoms with Gasteiger partial charge >= 0.3 is 18.0 Å². The van der Waals surface area contributed by atoms with Crippen molar-refractivity contribution in [1.82, 2.24) is 10.2 Å². The maximum Gasteiger partial charge on any atom is 0.328 e. The van der Waals surface area contributed by atoms with Crippen LogP contribution in [-0.2, 0) is 14.3 Å². The van der Waals surface area contributed by atoms with Crippen LogP contribution in [0.5, 0.6) is 0 Å². The van der Waals surface area contributed by atoms with E-state index < -0.39 is 30.6 Å². The average Bonchev–Trinajstić information content (AvgIpc) is 2.75. The predicted octanol–water partition coefficient (Wildman–Crippen LogP) is -0.192. The molecule has 0 aromatic heterocycles. The fraction of sp³-hybridized carbons (Fsp3) is 0.700. The van der Waals surface area contributed by atoms with Crippen molar-refractivity contribution >= 4 is 18.0 Å². The molecule has 0 radical (unpaired) electrons. The van der Waals surface area contributed by atoms with Gasteiger partial charge in [-0.1, -0.05) is 0 Å². The molecule has 1 saturated heterocycles. The van der Waals surface area contributed by atoms with Gasteiger partial charge in [0.1, 0.15) is 12.6 Å². The van der Waals surface area contributed by atoms with Crippen LogP contribution in [0, 0.1) is 0 Å². The molecule has 0 aliphatic carbocycles. The molecule has 1 fully saturated rings. The molecule has 96 valence electrons. The van der Waals surface area contributed by atoms with Crippen LogP contribution >= 0.6 is 0 Å². The summed E-state index contributed by atoms with van der Waals surface area (Å²) in [6, 6.07) is -1.13. The van der Waals surface area contributed by atoms with Crippen LogP contribution in [-0.4, -0.2) is 53.7 Å². The SMILES string of the molecule is CCOC(=O)C1CCCN1C(=O)NCC(=O)O. The van der Waals surface area contributed by atoms with Gasteiger partial charge < -0.3 is 20.1 Å². The van der Waals surface area contributed by atoms with Crippen molar-refractivity contribution in [3.63, 3.8) is 0 Å². The van der Waals surface area contributed by atoms with Crippen molar-refractivity contribution in [1.29, 1.82) is 0 Å². The molecule has 0 saturated carbocycles. The first kappa shape index (κ1) is 13.3. The third-order valence-corrected chi connectivity index (χ3v) is 2.46. The fourth-order valence-corrected chi connectivity index (χ4v) is 1.75. The van der Waals surface area contributed by atoms with Crippen LogP contribution in [0.1, 0.15) is 19.8 Å². The van der Waals surface area contributed by atoms with E-state index in [0.29, 0.717) is 19.4 Å².